The van der Waals surface area contributed by atoms with E-state index in [9.17, 15) is 4.79 Å². The van der Waals surface area contributed by atoms with E-state index in [1.54, 1.807) is 0 Å². The minimum atomic E-state index is -0.0132. The number of nitrogens with one attached hydrogen (secondary N) is 1. The third-order valence-electron chi connectivity index (χ3n) is 4.40. The van der Waals surface area contributed by atoms with Crippen molar-refractivity contribution < 1.29 is 4.79 Å². The first-order valence-electron chi connectivity index (χ1n) is 7.92. The van der Waals surface area contributed by atoms with E-state index in [0.717, 1.165) is 35.6 Å². The molecular weight excluding hydrogens is 284 g/mol. The number of Topliss-reactive ketones (excluding diaryl/α,β-unsaturated/α-hetero) is 1. The van der Waals surface area contributed by atoms with E-state index in [2.05, 4.69) is 34.6 Å². The molecule has 1 fully saturated rings. The van der Waals surface area contributed by atoms with Crippen LogP contribution in [0, 0.1) is 0 Å². The van der Waals surface area contributed by atoms with E-state index in [-0.39, 0.29) is 11.7 Å². The quantitative estimate of drug-likeness (QED) is 0.883. The predicted octanol–water partition coefficient (Wildman–Crippen LogP) is 3.30. The molecule has 2 heterocycles. The van der Waals surface area contributed by atoms with Gasteiger partial charge in [0, 0.05) is 30.8 Å². The second kappa shape index (κ2) is 5.76. The molecule has 114 valence electrons. The molecule has 0 aliphatic carbocycles. The summed E-state index contributed by atoms with van der Waals surface area (Å²) in [7, 11) is 0. The molecule has 2 aromatic carbocycles. The number of carbonyl (C=O) groups excluding carboxylic acids is 1. The molecule has 0 aromatic heterocycles. The first-order chi connectivity index (χ1) is 11.3. The minimum Gasteiger partial charge on any atom is -0.369 e. The Morgan fingerprint density at radius 1 is 1.00 bits per heavy atom. The molecular formula is C20H18N2O. The smallest absolute Gasteiger partial charge is 0.193 e. The van der Waals surface area contributed by atoms with Crippen LogP contribution in [-0.2, 0) is 0 Å². The molecule has 3 heteroatoms. The molecule has 1 N–H and O–H groups in total. The highest BCUT2D eigenvalue weighted by molar-refractivity contribution is 6.10. The molecule has 0 radical (unpaired) electrons. The Morgan fingerprint density at radius 2 is 1.70 bits per heavy atom. The van der Waals surface area contributed by atoms with Crippen molar-refractivity contribution in [3.8, 4) is 0 Å². The van der Waals surface area contributed by atoms with E-state index >= 15 is 0 Å². The van der Waals surface area contributed by atoms with Gasteiger partial charge in [0.15, 0.2) is 5.78 Å². The highest BCUT2D eigenvalue weighted by Gasteiger charge is 2.32. The summed E-state index contributed by atoms with van der Waals surface area (Å²) < 4.78 is 0. The van der Waals surface area contributed by atoms with Gasteiger partial charge < -0.3 is 10.2 Å². The number of hydrogen-bond acceptors (Lipinski definition) is 3. The Balaban J connectivity index is 1.82. The molecule has 1 atom stereocenters. The van der Waals surface area contributed by atoms with Crippen molar-refractivity contribution in [3.63, 3.8) is 0 Å². The number of nitrogens with zero attached hydrogens (tertiary/aromatic N) is 1. The first kappa shape index (κ1) is 13.8. The Hall–Kier alpha value is -2.81. The molecule has 0 bridgehead atoms. The summed E-state index contributed by atoms with van der Waals surface area (Å²) in [5, 5.41) is 3.39. The highest BCUT2D eigenvalue weighted by atomic mass is 16.1. The van der Waals surface area contributed by atoms with Gasteiger partial charge >= 0.3 is 0 Å². The van der Waals surface area contributed by atoms with Crippen LogP contribution in [0.2, 0.25) is 0 Å². The molecule has 3 nitrogen and oxygen atoms in total. The predicted molar refractivity (Wildman–Crippen MR) is 90.8 cm³/mol. The third-order valence-corrected chi connectivity index (χ3v) is 4.40. The van der Waals surface area contributed by atoms with E-state index in [1.165, 1.54) is 0 Å². The van der Waals surface area contributed by atoms with Crippen LogP contribution < -0.4 is 5.32 Å². The maximum atomic E-state index is 13.2. The summed E-state index contributed by atoms with van der Waals surface area (Å²) in [6.07, 6.45) is 4.22. The van der Waals surface area contributed by atoms with Gasteiger partial charge in [0.2, 0.25) is 0 Å². The summed E-state index contributed by atoms with van der Waals surface area (Å²) in [6, 6.07) is 19.7. The van der Waals surface area contributed by atoms with Crippen molar-refractivity contribution in [2.45, 2.75) is 5.92 Å². The molecule has 2 aromatic rings. The zero-order valence-electron chi connectivity index (χ0n) is 12.8. The zero-order chi connectivity index (χ0) is 15.6. The average Bonchev–Trinajstić information content (AvgIpc) is 3.10. The Labute approximate surface area is 135 Å². The fourth-order valence-corrected chi connectivity index (χ4v) is 3.27. The fourth-order valence-electron chi connectivity index (χ4n) is 3.27. The second-order valence-electron chi connectivity index (χ2n) is 5.81. The average molecular weight is 302 g/mol. The monoisotopic (exact) mass is 302 g/mol. The second-order valence-corrected chi connectivity index (χ2v) is 5.81. The summed E-state index contributed by atoms with van der Waals surface area (Å²) >= 11 is 0. The Bertz CT molecular complexity index is 778. The van der Waals surface area contributed by atoms with E-state index in [1.807, 2.05) is 48.5 Å². The van der Waals surface area contributed by atoms with Crippen LogP contribution in [0.4, 0.5) is 0 Å². The number of hydrogen-bond donors (Lipinski definition) is 1. The largest absolute Gasteiger partial charge is 0.369 e. The number of benzene rings is 2. The lowest BCUT2D eigenvalue weighted by atomic mass is 9.84. The molecule has 2 aliphatic rings. The summed E-state index contributed by atoms with van der Waals surface area (Å²) in [6.45, 7) is 1.77. The van der Waals surface area contributed by atoms with Crippen LogP contribution in [0.25, 0.3) is 0 Å². The van der Waals surface area contributed by atoms with Crippen LogP contribution in [-0.4, -0.2) is 23.8 Å². The fraction of sp³-hybridized carbons (Fsp3) is 0.150. The van der Waals surface area contributed by atoms with Gasteiger partial charge in [0.05, 0.1) is 5.57 Å². The standard InChI is InChI=1S/C20H18N2O/c23-19(16-9-5-2-6-10-16)18-17(15-7-3-1-4-8-15)11-13-22-14-12-21-20(18)22/h1-11,13,17,21H,12,14H2. The lowest BCUT2D eigenvalue weighted by Crippen LogP contribution is -2.26. The summed E-state index contributed by atoms with van der Waals surface area (Å²) in [5.41, 5.74) is 2.71. The van der Waals surface area contributed by atoms with Gasteiger partial charge in [-0.25, -0.2) is 0 Å². The van der Waals surface area contributed by atoms with Gasteiger partial charge in [-0.05, 0) is 5.56 Å². The number of rotatable bonds is 3. The zero-order valence-corrected chi connectivity index (χ0v) is 12.8. The summed E-state index contributed by atoms with van der Waals surface area (Å²) in [5.74, 6) is 1.04. The third kappa shape index (κ3) is 2.44. The maximum absolute atomic E-state index is 13.2. The molecule has 2 aliphatic heterocycles. The topological polar surface area (TPSA) is 32.3 Å². The van der Waals surface area contributed by atoms with Crippen LogP contribution >= 0.6 is 0 Å². The highest BCUT2D eigenvalue weighted by Crippen LogP contribution is 2.35. The van der Waals surface area contributed by atoms with Crippen LogP contribution in [0.1, 0.15) is 21.8 Å². The van der Waals surface area contributed by atoms with E-state index in [4.69, 9.17) is 0 Å². The van der Waals surface area contributed by atoms with E-state index in [0.29, 0.717) is 0 Å². The van der Waals surface area contributed by atoms with E-state index < -0.39 is 0 Å². The van der Waals surface area contributed by atoms with Gasteiger partial charge in [0.25, 0.3) is 0 Å². The molecule has 1 unspecified atom stereocenters. The van der Waals surface area contributed by atoms with Crippen molar-refractivity contribution in [1.29, 1.82) is 0 Å². The summed E-state index contributed by atoms with van der Waals surface area (Å²) in [4.78, 5) is 15.3. The van der Waals surface area contributed by atoms with Crippen molar-refractivity contribution in [2.75, 3.05) is 13.1 Å². The molecule has 0 spiro atoms. The minimum absolute atomic E-state index is 0.0132. The number of allylic oxidation sites excluding steroid dienone is 2. The van der Waals surface area contributed by atoms with Gasteiger partial charge in [-0.3, -0.25) is 4.79 Å². The van der Waals surface area contributed by atoms with Crippen LogP contribution in [0.15, 0.2) is 84.3 Å². The molecule has 0 amide bonds. The SMILES string of the molecule is O=C(C1=C2NCCN2C=CC1c1ccccc1)c1ccccc1. The van der Waals surface area contributed by atoms with Gasteiger partial charge in [-0.2, -0.15) is 0 Å². The molecule has 23 heavy (non-hydrogen) atoms. The Morgan fingerprint density at radius 3 is 2.43 bits per heavy atom. The van der Waals surface area contributed by atoms with Crippen LogP contribution in [0.3, 0.4) is 0 Å². The van der Waals surface area contributed by atoms with Crippen LogP contribution in [0.5, 0.6) is 0 Å². The maximum Gasteiger partial charge on any atom is 0.193 e. The first-order valence-corrected chi connectivity index (χ1v) is 7.92. The molecule has 4 rings (SSSR count). The number of ketones is 1. The molecule has 1 saturated heterocycles. The Kier molecular flexibility index (Phi) is 3.46. The van der Waals surface area contributed by atoms with Crippen molar-refractivity contribution in [1.82, 2.24) is 10.2 Å². The van der Waals surface area contributed by atoms with Crippen molar-refractivity contribution in [2.24, 2.45) is 0 Å². The van der Waals surface area contributed by atoms with Gasteiger partial charge in [0.1, 0.15) is 5.82 Å². The normalized spacial score (nSPS) is 19.5. The lowest BCUT2D eigenvalue weighted by molar-refractivity contribution is 0.102. The number of fused-ring (bicyclic) bond motifs is 1. The molecule has 0 saturated carbocycles. The van der Waals surface area contributed by atoms with Crippen molar-refractivity contribution in [3.05, 3.63) is 95.5 Å². The van der Waals surface area contributed by atoms with Crippen molar-refractivity contribution >= 4 is 5.78 Å². The lowest BCUT2D eigenvalue weighted by Gasteiger charge is -2.28. The van der Waals surface area contributed by atoms with Gasteiger partial charge in [-0.15, -0.1) is 0 Å². The van der Waals surface area contributed by atoms with Gasteiger partial charge in [-0.1, -0.05) is 66.7 Å². The number of carbonyl (C=O) groups is 1.